The van der Waals surface area contributed by atoms with Gasteiger partial charge in [-0.15, -0.1) is 0 Å². The van der Waals surface area contributed by atoms with Gasteiger partial charge in [-0.25, -0.2) is 9.59 Å². The first-order valence-electron chi connectivity index (χ1n) is 9.64. The number of methoxy groups -OCH3 is 2. The topological polar surface area (TPSA) is 74.3 Å². The Morgan fingerprint density at radius 3 is 2.57 bits per heavy atom. The number of hydrogen-bond donors (Lipinski definition) is 0. The second-order valence-electron chi connectivity index (χ2n) is 7.81. The van der Waals surface area contributed by atoms with Crippen LogP contribution in [0.25, 0.3) is 0 Å². The van der Waals surface area contributed by atoms with Crippen LogP contribution in [0.4, 0.5) is 4.79 Å². The maximum atomic E-state index is 12.5. The quantitative estimate of drug-likeness (QED) is 0.679. The van der Waals surface area contributed by atoms with Crippen LogP contribution in [0.1, 0.15) is 56.8 Å². The van der Waals surface area contributed by atoms with Crippen molar-refractivity contribution >= 4 is 12.1 Å². The summed E-state index contributed by atoms with van der Waals surface area (Å²) in [6, 6.07) is 5.02. The van der Waals surface area contributed by atoms with Gasteiger partial charge in [0.15, 0.2) is 0 Å². The number of likely N-dealkylation sites (tertiary alicyclic amines) is 1. The van der Waals surface area contributed by atoms with E-state index in [2.05, 4.69) is 0 Å². The molecule has 7 heteroatoms. The van der Waals surface area contributed by atoms with E-state index in [1.165, 1.54) is 7.11 Å². The molecule has 0 aromatic heterocycles. The molecule has 1 aliphatic rings. The van der Waals surface area contributed by atoms with Crippen LogP contribution in [0.15, 0.2) is 18.2 Å². The van der Waals surface area contributed by atoms with Gasteiger partial charge in [0.2, 0.25) is 0 Å². The number of carbonyl (C=O) groups is 2. The van der Waals surface area contributed by atoms with Gasteiger partial charge in [-0.2, -0.15) is 0 Å². The lowest BCUT2D eigenvalue weighted by atomic mass is 10.0. The summed E-state index contributed by atoms with van der Waals surface area (Å²) in [6.45, 7) is 6.64. The number of benzene rings is 1. The van der Waals surface area contributed by atoms with E-state index in [0.29, 0.717) is 36.6 Å². The molecule has 1 fully saturated rings. The van der Waals surface area contributed by atoms with Crippen LogP contribution >= 0.6 is 0 Å². The summed E-state index contributed by atoms with van der Waals surface area (Å²) < 4.78 is 21.4. The van der Waals surface area contributed by atoms with Crippen molar-refractivity contribution < 1.29 is 28.5 Å². The minimum Gasteiger partial charge on any atom is -0.497 e. The van der Waals surface area contributed by atoms with Crippen LogP contribution < -0.4 is 9.47 Å². The first kappa shape index (κ1) is 21.9. The molecule has 1 atom stereocenters. The average molecular weight is 393 g/mol. The van der Waals surface area contributed by atoms with E-state index in [4.69, 9.17) is 18.9 Å². The lowest BCUT2D eigenvalue weighted by Gasteiger charge is -2.36. The predicted octanol–water partition coefficient (Wildman–Crippen LogP) is 4.04. The molecule has 1 aliphatic heterocycles. The van der Waals surface area contributed by atoms with E-state index >= 15 is 0 Å². The Morgan fingerprint density at radius 2 is 1.93 bits per heavy atom. The summed E-state index contributed by atoms with van der Waals surface area (Å²) in [5.41, 5.74) is -0.179. The number of hydrogen-bond acceptors (Lipinski definition) is 6. The maximum Gasteiger partial charge on any atom is 0.410 e. The standard InChI is InChI=1S/C21H31NO6/c1-21(2,3)28-20(24)22-12-7-6-8-15(22)11-13-27-18-14-16(25-4)9-10-17(18)19(23)26-5/h9-10,14-15H,6-8,11-13H2,1-5H3. The van der Waals surface area contributed by atoms with Gasteiger partial charge < -0.3 is 23.8 Å². The summed E-state index contributed by atoms with van der Waals surface area (Å²) in [7, 11) is 2.88. The molecule has 2 rings (SSSR count). The van der Waals surface area contributed by atoms with E-state index in [-0.39, 0.29) is 12.1 Å². The largest absolute Gasteiger partial charge is 0.497 e. The number of ether oxygens (including phenoxy) is 4. The van der Waals surface area contributed by atoms with Crippen molar-refractivity contribution in [3.63, 3.8) is 0 Å². The summed E-state index contributed by atoms with van der Waals surface area (Å²) in [6.07, 6.45) is 3.31. The first-order valence-corrected chi connectivity index (χ1v) is 9.64. The first-order chi connectivity index (χ1) is 13.2. The molecule has 0 bridgehead atoms. The fourth-order valence-electron chi connectivity index (χ4n) is 3.19. The Labute approximate surface area is 166 Å². The van der Waals surface area contributed by atoms with Gasteiger partial charge in [0.1, 0.15) is 22.7 Å². The van der Waals surface area contributed by atoms with Gasteiger partial charge in [-0.05, 0) is 52.2 Å². The third-order valence-electron chi connectivity index (χ3n) is 4.56. The Balaban J connectivity index is 2.02. The second kappa shape index (κ2) is 9.66. The molecular weight excluding hydrogens is 362 g/mol. The summed E-state index contributed by atoms with van der Waals surface area (Å²) in [4.78, 5) is 26.3. The smallest absolute Gasteiger partial charge is 0.410 e. The van der Waals surface area contributed by atoms with Crippen molar-refractivity contribution in [3.8, 4) is 11.5 Å². The van der Waals surface area contributed by atoms with Crippen molar-refractivity contribution in [1.29, 1.82) is 0 Å². The number of nitrogens with zero attached hydrogens (tertiary/aromatic N) is 1. The molecule has 1 amide bonds. The van der Waals surface area contributed by atoms with E-state index in [1.807, 2.05) is 20.8 Å². The molecular formula is C21H31NO6. The normalized spacial score (nSPS) is 17.0. The monoisotopic (exact) mass is 393 g/mol. The molecule has 1 unspecified atom stereocenters. The van der Waals surface area contributed by atoms with Crippen LogP contribution in [0.2, 0.25) is 0 Å². The molecule has 156 valence electrons. The Morgan fingerprint density at radius 1 is 1.18 bits per heavy atom. The molecule has 0 N–H and O–H groups in total. The summed E-state index contributed by atoms with van der Waals surface area (Å²) >= 11 is 0. The zero-order valence-electron chi connectivity index (χ0n) is 17.4. The lowest BCUT2D eigenvalue weighted by molar-refractivity contribution is 0.00743. The lowest BCUT2D eigenvalue weighted by Crippen LogP contribution is -2.46. The van der Waals surface area contributed by atoms with Gasteiger partial charge in [-0.3, -0.25) is 0 Å². The van der Waals surface area contributed by atoms with Gasteiger partial charge in [-0.1, -0.05) is 0 Å². The van der Waals surface area contributed by atoms with Crippen LogP contribution in [0.3, 0.4) is 0 Å². The Hall–Kier alpha value is -2.44. The minimum atomic E-state index is -0.522. The van der Waals surface area contributed by atoms with E-state index < -0.39 is 11.6 Å². The third kappa shape index (κ3) is 6.04. The highest BCUT2D eigenvalue weighted by Gasteiger charge is 2.30. The number of amides is 1. The van der Waals surface area contributed by atoms with Crippen molar-refractivity contribution in [1.82, 2.24) is 4.90 Å². The molecule has 0 saturated carbocycles. The highest BCUT2D eigenvalue weighted by atomic mass is 16.6. The molecule has 1 saturated heterocycles. The molecule has 0 aliphatic carbocycles. The SMILES string of the molecule is COC(=O)c1ccc(OC)cc1OCCC1CCCCN1C(=O)OC(C)(C)C. The fourth-order valence-corrected chi connectivity index (χ4v) is 3.19. The second-order valence-corrected chi connectivity index (χ2v) is 7.81. The molecule has 0 spiro atoms. The Bertz CT molecular complexity index is 682. The van der Waals surface area contributed by atoms with E-state index in [1.54, 1.807) is 30.2 Å². The van der Waals surface area contributed by atoms with Gasteiger partial charge in [0.25, 0.3) is 0 Å². The summed E-state index contributed by atoms with van der Waals surface area (Å²) in [5.74, 6) is 0.534. The number of piperidine rings is 1. The summed E-state index contributed by atoms with van der Waals surface area (Å²) in [5, 5.41) is 0. The van der Waals surface area contributed by atoms with Gasteiger partial charge >= 0.3 is 12.1 Å². The third-order valence-corrected chi connectivity index (χ3v) is 4.56. The maximum absolute atomic E-state index is 12.5. The number of rotatable bonds is 6. The van der Waals surface area contributed by atoms with Crippen LogP contribution in [-0.2, 0) is 9.47 Å². The van der Waals surface area contributed by atoms with Crippen molar-refractivity contribution in [2.75, 3.05) is 27.4 Å². The van der Waals surface area contributed by atoms with Crippen LogP contribution in [-0.4, -0.2) is 56.0 Å². The van der Waals surface area contributed by atoms with Crippen LogP contribution in [0.5, 0.6) is 11.5 Å². The molecule has 7 nitrogen and oxygen atoms in total. The highest BCUT2D eigenvalue weighted by molar-refractivity contribution is 5.92. The molecule has 0 radical (unpaired) electrons. The average Bonchev–Trinajstić information content (AvgIpc) is 2.66. The van der Waals surface area contributed by atoms with E-state index in [0.717, 1.165) is 19.3 Å². The zero-order chi connectivity index (χ0) is 20.7. The predicted molar refractivity (Wildman–Crippen MR) is 105 cm³/mol. The Kier molecular flexibility index (Phi) is 7.54. The highest BCUT2D eigenvalue weighted by Crippen LogP contribution is 2.27. The molecule has 28 heavy (non-hydrogen) atoms. The number of carbonyl (C=O) groups excluding carboxylic acids is 2. The van der Waals surface area contributed by atoms with E-state index in [9.17, 15) is 9.59 Å². The van der Waals surface area contributed by atoms with Crippen molar-refractivity contribution in [3.05, 3.63) is 23.8 Å². The molecule has 1 heterocycles. The van der Waals surface area contributed by atoms with Crippen LogP contribution in [0, 0.1) is 0 Å². The minimum absolute atomic E-state index is 0.0517. The zero-order valence-corrected chi connectivity index (χ0v) is 17.4. The van der Waals surface area contributed by atoms with Crippen molar-refractivity contribution in [2.24, 2.45) is 0 Å². The van der Waals surface area contributed by atoms with Gasteiger partial charge in [0.05, 0.1) is 20.8 Å². The number of esters is 1. The van der Waals surface area contributed by atoms with Crippen molar-refractivity contribution in [2.45, 2.75) is 58.1 Å². The fraction of sp³-hybridized carbons (Fsp3) is 0.619. The van der Waals surface area contributed by atoms with Gasteiger partial charge in [0, 0.05) is 25.1 Å². The molecule has 1 aromatic rings. The molecule has 1 aromatic carbocycles.